The largest absolute Gasteiger partial charge is 0.387 e. The highest BCUT2D eigenvalue weighted by Crippen LogP contribution is 2.30. The second kappa shape index (κ2) is 5.27. The number of hydrogen-bond donors (Lipinski definition) is 1. The van der Waals surface area contributed by atoms with Crippen LogP contribution in [-0.4, -0.2) is 61.4 Å². The lowest BCUT2D eigenvalue weighted by molar-refractivity contribution is -0.188. The summed E-state index contributed by atoms with van der Waals surface area (Å²) in [6.07, 6.45) is -2.08. The minimum Gasteiger partial charge on any atom is -0.387 e. The van der Waals surface area contributed by atoms with Crippen molar-refractivity contribution >= 4 is 0 Å². The molecule has 0 amide bonds. The van der Waals surface area contributed by atoms with Crippen molar-refractivity contribution in [3.8, 4) is 0 Å². The average Bonchev–Trinajstić information content (AvgIpc) is 2.82. The van der Waals surface area contributed by atoms with E-state index >= 15 is 0 Å². The molecule has 112 valence electrons. The normalized spacial score (nSPS) is 36.3. The first-order chi connectivity index (χ1) is 8.74. The predicted molar refractivity (Wildman–Crippen MR) is 66.6 cm³/mol. The summed E-state index contributed by atoms with van der Waals surface area (Å²) in [5, 5.41) is 10.4. The third kappa shape index (κ3) is 3.45. The summed E-state index contributed by atoms with van der Waals surface area (Å²) in [4.78, 5) is 0. The Hall–Kier alpha value is -0.240. The van der Waals surface area contributed by atoms with Gasteiger partial charge in [-0.05, 0) is 27.7 Å². The molecule has 0 saturated carbocycles. The molecule has 6 nitrogen and oxygen atoms in total. The molecule has 0 radical (unpaired) electrons. The van der Waals surface area contributed by atoms with Gasteiger partial charge in [-0.3, -0.25) is 0 Å². The molecular formula is C13H24O6. The van der Waals surface area contributed by atoms with Crippen molar-refractivity contribution in [1.29, 1.82) is 0 Å². The molecule has 2 heterocycles. The van der Waals surface area contributed by atoms with Gasteiger partial charge in [0.1, 0.15) is 24.4 Å². The summed E-state index contributed by atoms with van der Waals surface area (Å²) in [6, 6.07) is 0. The van der Waals surface area contributed by atoms with E-state index in [1.54, 1.807) is 7.11 Å². The smallest absolute Gasteiger partial charge is 0.163 e. The van der Waals surface area contributed by atoms with Gasteiger partial charge >= 0.3 is 0 Å². The van der Waals surface area contributed by atoms with Crippen LogP contribution < -0.4 is 0 Å². The van der Waals surface area contributed by atoms with Gasteiger partial charge in [-0.2, -0.15) is 0 Å². The van der Waals surface area contributed by atoms with Crippen molar-refractivity contribution in [3.63, 3.8) is 0 Å². The molecule has 0 aromatic heterocycles. The minimum absolute atomic E-state index is 0.317. The molecule has 0 aromatic carbocycles. The van der Waals surface area contributed by atoms with Gasteiger partial charge < -0.3 is 28.8 Å². The van der Waals surface area contributed by atoms with Gasteiger partial charge in [0.25, 0.3) is 0 Å². The molecule has 2 aliphatic heterocycles. The molecular weight excluding hydrogens is 252 g/mol. The van der Waals surface area contributed by atoms with Crippen LogP contribution in [0.15, 0.2) is 0 Å². The summed E-state index contributed by atoms with van der Waals surface area (Å²) >= 11 is 0. The Balaban J connectivity index is 1.98. The molecule has 1 N–H and O–H groups in total. The van der Waals surface area contributed by atoms with Gasteiger partial charge in [0, 0.05) is 7.11 Å². The lowest BCUT2D eigenvalue weighted by Gasteiger charge is -2.30. The van der Waals surface area contributed by atoms with E-state index in [0.717, 1.165) is 0 Å². The van der Waals surface area contributed by atoms with Crippen molar-refractivity contribution in [3.05, 3.63) is 0 Å². The van der Waals surface area contributed by atoms with Crippen molar-refractivity contribution in [1.82, 2.24) is 0 Å². The highest BCUT2D eigenvalue weighted by Gasteiger charge is 2.46. The van der Waals surface area contributed by atoms with E-state index in [9.17, 15) is 5.11 Å². The first-order valence-electron chi connectivity index (χ1n) is 6.58. The fourth-order valence-electron chi connectivity index (χ4n) is 2.48. The van der Waals surface area contributed by atoms with Crippen LogP contribution in [0.2, 0.25) is 0 Å². The van der Waals surface area contributed by atoms with E-state index in [0.29, 0.717) is 13.2 Å². The summed E-state index contributed by atoms with van der Waals surface area (Å²) in [5.74, 6) is -1.32. The maximum atomic E-state index is 10.4. The molecule has 2 aliphatic rings. The Morgan fingerprint density at radius 1 is 1.00 bits per heavy atom. The predicted octanol–water partition coefficient (Wildman–Crippen LogP) is 0.665. The molecule has 2 saturated heterocycles. The van der Waals surface area contributed by atoms with Crippen molar-refractivity contribution in [2.75, 3.05) is 20.3 Å². The van der Waals surface area contributed by atoms with Crippen molar-refractivity contribution < 1.29 is 28.8 Å². The lowest BCUT2D eigenvalue weighted by atomic mass is 10.0. The fraction of sp³-hybridized carbons (Fsp3) is 1.00. The van der Waals surface area contributed by atoms with Gasteiger partial charge in [0.15, 0.2) is 11.6 Å². The van der Waals surface area contributed by atoms with Crippen LogP contribution in [0.4, 0.5) is 0 Å². The summed E-state index contributed by atoms with van der Waals surface area (Å²) < 4.78 is 27.7. The Morgan fingerprint density at radius 2 is 1.47 bits per heavy atom. The van der Waals surface area contributed by atoms with Crippen LogP contribution in [0.1, 0.15) is 27.7 Å². The van der Waals surface area contributed by atoms with Gasteiger partial charge in [-0.25, -0.2) is 0 Å². The van der Waals surface area contributed by atoms with Crippen LogP contribution >= 0.6 is 0 Å². The summed E-state index contributed by atoms with van der Waals surface area (Å²) in [7, 11) is 1.55. The second-order valence-corrected chi connectivity index (χ2v) is 5.93. The zero-order chi connectivity index (χ0) is 14.3. The third-order valence-electron chi connectivity index (χ3n) is 3.42. The number of aliphatic hydroxyl groups is 1. The van der Waals surface area contributed by atoms with Crippen LogP contribution in [0.3, 0.4) is 0 Å². The molecule has 0 unspecified atom stereocenters. The first kappa shape index (κ1) is 15.2. The molecule has 0 spiro atoms. The highest BCUT2D eigenvalue weighted by molar-refractivity contribution is 4.89. The van der Waals surface area contributed by atoms with E-state index in [2.05, 4.69) is 0 Å². The minimum atomic E-state index is -0.825. The zero-order valence-corrected chi connectivity index (χ0v) is 12.2. The number of ether oxygens (including phenoxy) is 5. The molecule has 2 fully saturated rings. The van der Waals surface area contributed by atoms with E-state index in [1.165, 1.54) is 0 Å². The van der Waals surface area contributed by atoms with Crippen molar-refractivity contribution in [2.24, 2.45) is 0 Å². The number of hydrogen-bond acceptors (Lipinski definition) is 6. The molecule has 6 heteroatoms. The van der Waals surface area contributed by atoms with Crippen LogP contribution in [0, 0.1) is 0 Å². The Bertz CT molecular complexity index is 316. The van der Waals surface area contributed by atoms with E-state index in [-0.39, 0.29) is 6.10 Å². The average molecular weight is 276 g/mol. The number of aliphatic hydroxyl groups excluding tert-OH is 1. The number of methoxy groups -OCH3 is 1. The van der Waals surface area contributed by atoms with E-state index < -0.39 is 29.9 Å². The molecule has 2 rings (SSSR count). The molecule has 0 bridgehead atoms. The van der Waals surface area contributed by atoms with Gasteiger partial charge in [-0.1, -0.05) is 0 Å². The summed E-state index contributed by atoms with van der Waals surface area (Å²) in [5.41, 5.74) is 0. The van der Waals surface area contributed by atoms with E-state index in [1.807, 2.05) is 27.7 Å². The topological polar surface area (TPSA) is 66.4 Å². The maximum Gasteiger partial charge on any atom is 0.163 e. The molecule has 4 atom stereocenters. The summed E-state index contributed by atoms with van der Waals surface area (Å²) in [6.45, 7) is 8.04. The Morgan fingerprint density at radius 3 is 1.84 bits per heavy atom. The fourth-order valence-corrected chi connectivity index (χ4v) is 2.48. The third-order valence-corrected chi connectivity index (χ3v) is 3.42. The lowest BCUT2D eigenvalue weighted by Crippen LogP contribution is -2.48. The molecule has 0 aromatic rings. The molecule has 0 aliphatic carbocycles. The SMILES string of the molecule is CO[C@H]([C@@H](O)[C@@H]1COC(C)(C)O1)[C@H]1COC(C)(C)O1. The first-order valence-corrected chi connectivity index (χ1v) is 6.58. The van der Waals surface area contributed by atoms with Gasteiger partial charge in [-0.15, -0.1) is 0 Å². The Kier molecular flexibility index (Phi) is 4.21. The monoisotopic (exact) mass is 276 g/mol. The quantitative estimate of drug-likeness (QED) is 0.814. The standard InChI is InChI=1S/C13H24O6/c1-12(2)16-6-8(18-12)10(14)11(15-5)9-7-17-13(3,4)19-9/h8-11,14H,6-7H2,1-5H3/t8-,9+,10-,11-/m0/s1. The van der Waals surface area contributed by atoms with E-state index in [4.69, 9.17) is 23.7 Å². The van der Waals surface area contributed by atoms with Gasteiger partial charge in [0.2, 0.25) is 0 Å². The van der Waals surface area contributed by atoms with Gasteiger partial charge in [0.05, 0.1) is 13.2 Å². The maximum absolute atomic E-state index is 10.4. The molecule has 19 heavy (non-hydrogen) atoms. The second-order valence-electron chi connectivity index (χ2n) is 5.93. The highest BCUT2D eigenvalue weighted by atomic mass is 16.8. The number of rotatable bonds is 4. The van der Waals surface area contributed by atoms with Crippen LogP contribution in [0.5, 0.6) is 0 Å². The van der Waals surface area contributed by atoms with Crippen molar-refractivity contribution in [2.45, 2.75) is 63.7 Å². The zero-order valence-electron chi connectivity index (χ0n) is 12.2. The van der Waals surface area contributed by atoms with Crippen LogP contribution in [0.25, 0.3) is 0 Å². The Labute approximate surface area is 113 Å². The van der Waals surface area contributed by atoms with Crippen LogP contribution in [-0.2, 0) is 23.7 Å².